The molecule has 2 heterocycles. The third-order valence-electron chi connectivity index (χ3n) is 3.29. The first-order valence-electron chi connectivity index (χ1n) is 6.45. The highest BCUT2D eigenvalue weighted by molar-refractivity contribution is 5.77. The van der Waals surface area contributed by atoms with Crippen molar-refractivity contribution in [3.63, 3.8) is 0 Å². The van der Waals surface area contributed by atoms with Crippen molar-refractivity contribution < 1.29 is 9.90 Å². The first kappa shape index (κ1) is 13.8. The smallest absolute Gasteiger partial charge is 0.245 e. The summed E-state index contributed by atoms with van der Waals surface area (Å²) < 4.78 is 0. The second kappa shape index (κ2) is 6.49. The van der Waals surface area contributed by atoms with Crippen LogP contribution in [0.1, 0.15) is 5.56 Å². The molecular weight excluding hydrogens is 244 g/mol. The highest BCUT2D eigenvalue weighted by Gasteiger charge is 2.17. The van der Waals surface area contributed by atoms with Crippen molar-refractivity contribution in [3.8, 4) is 0 Å². The minimum absolute atomic E-state index is 0.367. The number of hydrogen-bond acceptors (Lipinski definition) is 5. The zero-order chi connectivity index (χ0) is 13.7. The van der Waals surface area contributed by atoms with Gasteiger partial charge >= 0.3 is 0 Å². The lowest BCUT2D eigenvalue weighted by Gasteiger charge is -2.34. The molecule has 1 aromatic heterocycles. The number of hydrogen-bond donors (Lipinski definition) is 2. The predicted octanol–water partition coefficient (Wildman–Crippen LogP) is -0.558. The Morgan fingerprint density at radius 1 is 1.42 bits per heavy atom. The Hall–Kier alpha value is -1.66. The van der Waals surface area contributed by atoms with Gasteiger partial charge in [-0.2, -0.15) is 0 Å². The average molecular weight is 264 g/mol. The molecule has 2 N–H and O–H groups in total. The molecule has 0 aromatic carbocycles. The van der Waals surface area contributed by atoms with Gasteiger partial charge in [-0.25, -0.2) is 4.98 Å². The molecule has 0 spiro atoms. The van der Waals surface area contributed by atoms with Gasteiger partial charge < -0.3 is 20.2 Å². The zero-order valence-corrected chi connectivity index (χ0v) is 11.2. The third kappa shape index (κ3) is 3.65. The molecule has 0 saturated carbocycles. The van der Waals surface area contributed by atoms with Gasteiger partial charge in [-0.1, -0.05) is 6.07 Å². The molecule has 1 aliphatic heterocycles. The Morgan fingerprint density at radius 2 is 2.16 bits per heavy atom. The summed E-state index contributed by atoms with van der Waals surface area (Å²) in [5.41, 5.74) is 0.980. The molecule has 0 aliphatic carbocycles. The van der Waals surface area contributed by atoms with Gasteiger partial charge in [0.05, 0.1) is 0 Å². The standard InChI is InChI=1S/C13H20N4O2/c1-16-5-7-17(8-6-16)13-11(3-2-4-14-13)9-15-12(19)10-18/h2-4,18H,5-10H2,1H3,(H,15,19). The first-order chi connectivity index (χ1) is 9.20. The molecule has 1 amide bonds. The summed E-state index contributed by atoms with van der Waals surface area (Å²) in [5, 5.41) is 11.4. The number of likely N-dealkylation sites (N-methyl/N-ethyl adjacent to an activating group) is 1. The number of anilines is 1. The molecule has 2 rings (SSSR count). The van der Waals surface area contributed by atoms with E-state index >= 15 is 0 Å². The minimum Gasteiger partial charge on any atom is -0.387 e. The van der Waals surface area contributed by atoms with Crippen molar-refractivity contribution in [2.75, 3.05) is 44.7 Å². The molecule has 6 heteroatoms. The van der Waals surface area contributed by atoms with Crippen LogP contribution in [0.25, 0.3) is 0 Å². The van der Waals surface area contributed by atoms with Crippen molar-refractivity contribution in [1.29, 1.82) is 0 Å². The van der Waals surface area contributed by atoms with Gasteiger partial charge in [0.1, 0.15) is 12.4 Å². The summed E-state index contributed by atoms with van der Waals surface area (Å²) in [6, 6.07) is 3.82. The van der Waals surface area contributed by atoms with Gasteiger partial charge in [0, 0.05) is 44.5 Å². The van der Waals surface area contributed by atoms with Gasteiger partial charge in [0.15, 0.2) is 0 Å². The number of pyridine rings is 1. The Balaban J connectivity index is 2.05. The van der Waals surface area contributed by atoms with E-state index in [0.29, 0.717) is 6.54 Å². The Labute approximate surface area is 113 Å². The number of carbonyl (C=O) groups is 1. The molecule has 1 aliphatic rings. The van der Waals surface area contributed by atoms with Gasteiger partial charge in [-0.05, 0) is 13.1 Å². The Morgan fingerprint density at radius 3 is 2.84 bits per heavy atom. The van der Waals surface area contributed by atoms with E-state index in [4.69, 9.17) is 5.11 Å². The van der Waals surface area contributed by atoms with Crippen LogP contribution in [0.4, 0.5) is 5.82 Å². The van der Waals surface area contributed by atoms with E-state index in [-0.39, 0.29) is 5.91 Å². The summed E-state index contributed by atoms with van der Waals surface area (Å²) in [4.78, 5) is 20.1. The van der Waals surface area contributed by atoms with Crippen LogP contribution >= 0.6 is 0 Å². The molecule has 1 saturated heterocycles. The van der Waals surface area contributed by atoms with Crippen molar-refractivity contribution >= 4 is 11.7 Å². The maximum Gasteiger partial charge on any atom is 0.245 e. The highest BCUT2D eigenvalue weighted by atomic mass is 16.3. The van der Waals surface area contributed by atoms with Gasteiger partial charge in [0.2, 0.25) is 5.91 Å². The molecule has 1 fully saturated rings. The van der Waals surface area contributed by atoms with Gasteiger partial charge in [-0.3, -0.25) is 4.79 Å². The number of aliphatic hydroxyl groups is 1. The summed E-state index contributed by atoms with van der Waals surface area (Å²) in [6.07, 6.45) is 1.77. The zero-order valence-electron chi connectivity index (χ0n) is 11.2. The molecular formula is C13H20N4O2. The number of carbonyl (C=O) groups excluding carboxylic acids is 1. The largest absolute Gasteiger partial charge is 0.387 e. The fourth-order valence-corrected chi connectivity index (χ4v) is 2.12. The van der Waals surface area contributed by atoms with Crippen LogP contribution in [0.15, 0.2) is 18.3 Å². The minimum atomic E-state index is -0.482. The van der Waals surface area contributed by atoms with Crippen molar-refractivity contribution in [2.45, 2.75) is 6.54 Å². The summed E-state index contributed by atoms with van der Waals surface area (Å²) in [7, 11) is 2.11. The second-order valence-corrected chi connectivity index (χ2v) is 4.71. The molecule has 6 nitrogen and oxygen atoms in total. The van der Waals surface area contributed by atoms with Crippen molar-refractivity contribution in [1.82, 2.24) is 15.2 Å². The van der Waals surface area contributed by atoms with E-state index in [0.717, 1.165) is 37.6 Å². The number of aliphatic hydroxyl groups excluding tert-OH is 1. The van der Waals surface area contributed by atoms with E-state index in [1.807, 2.05) is 12.1 Å². The lowest BCUT2D eigenvalue weighted by atomic mass is 10.2. The number of amides is 1. The first-order valence-corrected chi connectivity index (χ1v) is 6.45. The van der Waals surface area contributed by atoms with Gasteiger partial charge in [-0.15, -0.1) is 0 Å². The van der Waals surface area contributed by atoms with E-state index in [9.17, 15) is 4.79 Å². The van der Waals surface area contributed by atoms with Crippen LogP contribution < -0.4 is 10.2 Å². The molecule has 19 heavy (non-hydrogen) atoms. The SMILES string of the molecule is CN1CCN(c2ncccc2CNC(=O)CO)CC1. The predicted molar refractivity (Wildman–Crippen MR) is 72.9 cm³/mol. The summed E-state index contributed by atoms with van der Waals surface area (Å²) >= 11 is 0. The van der Waals surface area contributed by atoms with E-state index < -0.39 is 6.61 Å². The Bertz CT molecular complexity index is 430. The fourth-order valence-electron chi connectivity index (χ4n) is 2.12. The quantitative estimate of drug-likeness (QED) is 0.763. The number of nitrogens with zero attached hydrogens (tertiary/aromatic N) is 3. The van der Waals surface area contributed by atoms with Crippen LogP contribution in [-0.2, 0) is 11.3 Å². The van der Waals surface area contributed by atoms with E-state index in [1.165, 1.54) is 0 Å². The molecule has 104 valence electrons. The topological polar surface area (TPSA) is 68.7 Å². The summed E-state index contributed by atoms with van der Waals surface area (Å²) in [5.74, 6) is 0.557. The summed E-state index contributed by atoms with van der Waals surface area (Å²) in [6.45, 7) is 3.82. The fraction of sp³-hybridized carbons (Fsp3) is 0.538. The molecule has 0 bridgehead atoms. The average Bonchev–Trinajstić information content (AvgIpc) is 2.46. The monoisotopic (exact) mass is 264 g/mol. The van der Waals surface area contributed by atoms with Crippen LogP contribution in [-0.4, -0.2) is 60.7 Å². The molecule has 0 unspecified atom stereocenters. The molecule has 0 atom stereocenters. The highest BCUT2D eigenvalue weighted by Crippen LogP contribution is 2.18. The number of aromatic nitrogens is 1. The van der Waals surface area contributed by atoms with Gasteiger partial charge in [0.25, 0.3) is 0 Å². The third-order valence-corrected chi connectivity index (χ3v) is 3.29. The molecule has 1 aromatic rings. The normalized spacial score (nSPS) is 16.4. The number of nitrogens with one attached hydrogen (secondary N) is 1. The second-order valence-electron chi connectivity index (χ2n) is 4.71. The van der Waals surface area contributed by atoms with Crippen LogP contribution in [0.3, 0.4) is 0 Å². The molecule has 0 radical (unpaired) electrons. The lowest BCUT2D eigenvalue weighted by Crippen LogP contribution is -2.45. The van der Waals surface area contributed by atoms with Crippen LogP contribution in [0.5, 0.6) is 0 Å². The number of rotatable bonds is 4. The Kier molecular flexibility index (Phi) is 4.70. The number of piperazine rings is 1. The van der Waals surface area contributed by atoms with E-state index in [1.54, 1.807) is 6.20 Å². The maximum absolute atomic E-state index is 11.1. The van der Waals surface area contributed by atoms with Crippen molar-refractivity contribution in [3.05, 3.63) is 23.9 Å². The maximum atomic E-state index is 11.1. The van der Waals surface area contributed by atoms with Crippen LogP contribution in [0, 0.1) is 0 Å². The van der Waals surface area contributed by atoms with E-state index in [2.05, 4.69) is 27.1 Å². The van der Waals surface area contributed by atoms with Crippen molar-refractivity contribution in [2.24, 2.45) is 0 Å². The van der Waals surface area contributed by atoms with Crippen LogP contribution in [0.2, 0.25) is 0 Å². The lowest BCUT2D eigenvalue weighted by molar-refractivity contribution is -0.123.